The molecule has 0 aromatic carbocycles. The summed E-state index contributed by atoms with van der Waals surface area (Å²) in [5, 5.41) is 10.8. The van der Waals surface area contributed by atoms with Crippen LogP contribution in [0.3, 0.4) is 0 Å². The van der Waals surface area contributed by atoms with Crippen molar-refractivity contribution < 1.29 is 5.11 Å². The first-order valence-electron chi connectivity index (χ1n) is 7.60. The number of nitrogens with zero attached hydrogens (tertiary/aromatic N) is 1. The van der Waals surface area contributed by atoms with Crippen LogP contribution in [-0.4, -0.2) is 29.2 Å². The zero-order valence-electron chi connectivity index (χ0n) is 12.6. The lowest BCUT2D eigenvalue weighted by molar-refractivity contribution is 0.170. The zero-order chi connectivity index (χ0) is 14.4. The van der Waals surface area contributed by atoms with E-state index in [2.05, 4.69) is 42.0 Å². The predicted octanol–water partition coefficient (Wildman–Crippen LogP) is 3.49. The van der Waals surface area contributed by atoms with Crippen molar-refractivity contribution in [3.8, 4) is 11.8 Å². The van der Waals surface area contributed by atoms with E-state index in [1.807, 2.05) is 0 Å². The Morgan fingerprint density at radius 3 is 2.80 bits per heavy atom. The summed E-state index contributed by atoms with van der Waals surface area (Å²) in [6, 6.07) is 2.95. The van der Waals surface area contributed by atoms with E-state index < -0.39 is 0 Å². The van der Waals surface area contributed by atoms with E-state index in [1.165, 1.54) is 37.1 Å². The topological polar surface area (TPSA) is 23.5 Å². The van der Waals surface area contributed by atoms with Gasteiger partial charge in [-0.15, -0.1) is 11.3 Å². The van der Waals surface area contributed by atoms with Gasteiger partial charge in [0, 0.05) is 35.0 Å². The maximum absolute atomic E-state index is 8.74. The fraction of sp³-hybridized carbons (Fsp3) is 0.647. The van der Waals surface area contributed by atoms with E-state index >= 15 is 0 Å². The van der Waals surface area contributed by atoms with Gasteiger partial charge in [-0.25, -0.2) is 0 Å². The Hall–Kier alpha value is -0.820. The summed E-state index contributed by atoms with van der Waals surface area (Å²) >= 11 is 1.79. The summed E-state index contributed by atoms with van der Waals surface area (Å²) in [4.78, 5) is 4.05. The normalized spacial score (nSPS) is 15.8. The largest absolute Gasteiger partial charge is 0.384 e. The van der Waals surface area contributed by atoms with Crippen LogP contribution in [0.25, 0.3) is 0 Å². The minimum Gasteiger partial charge on any atom is -0.384 e. The lowest BCUT2D eigenvalue weighted by atomic mass is 10.1. The highest BCUT2D eigenvalue weighted by Crippen LogP contribution is 2.27. The van der Waals surface area contributed by atoms with Gasteiger partial charge in [-0.05, 0) is 24.8 Å². The average molecular weight is 291 g/mol. The van der Waals surface area contributed by atoms with Crippen LogP contribution < -0.4 is 0 Å². The minimum atomic E-state index is -0.0628. The van der Waals surface area contributed by atoms with E-state index in [9.17, 15) is 0 Å². The predicted molar refractivity (Wildman–Crippen MR) is 85.8 cm³/mol. The number of aliphatic hydroxyl groups excluding tert-OH is 1. The zero-order valence-corrected chi connectivity index (χ0v) is 13.4. The summed E-state index contributed by atoms with van der Waals surface area (Å²) in [7, 11) is 0. The van der Waals surface area contributed by atoms with Crippen molar-refractivity contribution in [1.29, 1.82) is 0 Å². The van der Waals surface area contributed by atoms with E-state index in [-0.39, 0.29) is 6.61 Å². The Morgan fingerprint density at radius 2 is 2.15 bits per heavy atom. The Bertz CT molecular complexity index is 463. The molecule has 0 unspecified atom stereocenters. The highest BCUT2D eigenvalue weighted by molar-refractivity contribution is 7.10. The second-order valence-electron chi connectivity index (χ2n) is 6.02. The van der Waals surface area contributed by atoms with Gasteiger partial charge in [0.1, 0.15) is 6.61 Å². The summed E-state index contributed by atoms with van der Waals surface area (Å²) in [6.45, 7) is 6.77. The van der Waals surface area contributed by atoms with Gasteiger partial charge >= 0.3 is 0 Å². The van der Waals surface area contributed by atoms with Crippen LogP contribution in [0.4, 0.5) is 0 Å². The van der Waals surface area contributed by atoms with Crippen molar-refractivity contribution in [3.05, 3.63) is 21.9 Å². The monoisotopic (exact) mass is 291 g/mol. The molecule has 1 N–H and O–H groups in total. The van der Waals surface area contributed by atoms with Crippen molar-refractivity contribution in [1.82, 2.24) is 4.90 Å². The molecule has 0 atom stereocenters. The highest BCUT2D eigenvalue weighted by atomic mass is 32.1. The van der Waals surface area contributed by atoms with Crippen LogP contribution in [0.5, 0.6) is 0 Å². The summed E-state index contributed by atoms with van der Waals surface area (Å²) in [6.07, 6.45) is 5.48. The van der Waals surface area contributed by atoms with Gasteiger partial charge in [0.15, 0.2) is 0 Å². The molecule has 0 bridgehead atoms. The molecule has 1 aromatic heterocycles. The van der Waals surface area contributed by atoms with Crippen molar-refractivity contribution in [2.75, 3.05) is 13.2 Å². The third-order valence-electron chi connectivity index (χ3n) is 3.77. The molecular weight excluding hydrogens is 266 g/mol. The van der Waals surface area contributed by atoms with Gasteiger partial charge in [0.2, 0.25) is 0 Å². The van der Waals surface area contributed by atoms with Crippen LogP contribution in [0, 0.1) is 17.8 Å². The summed E-state index contributed by atoms with van der Waals surface area (Å²) in [5.41, 5.74) is 1.04. The fourth-order valence-corrected chi connectivity index (χ4v) is 3.79. The lowest BCUT2D eigenvalue weighted by Gasteiger charge is -2.29. The standard InChI is InChI=1S/C17H25NOS/c1-14(2)11-18(16-7-3-4-8-16)12-17-10-15(13-20-17)6-5-9-19/h10,13-14,16,19H,3-4,7-9,11-12H2,1-2H3. The Kier molecular flexibility index (Phi) is 6.09. The molecule has 1 heterocycles. The third kappa shape index (κ3) is 4.63. The molecule has 0 aliphatic heterocycles. The molecule has 1 saturated carbocycles. The smallest absolute Gasteiger partial charge is 0.104 e. The van der Waals surface area contributed by atoms with Gasteiger partial charge in [-0.3, -0.25) is 4.90 Å². The van der Waals surface area contributed by atoms with E-state index in [0.717, 1.165) is 18.2 Å². The molecule has 0 spiro atoms. The molecule has 0 amide bonds. The summed E-state index contributed by atoms with van der Waals surface area (Å²) < 4.78 is 0. The molecule has 110 valence electrons. The van der Waals surface area contributed by atoms with Crippen LogP contribution in [0.2, 0.25) is 0 Å². The lowest BCUT2D eigenvalue weighted by Crippen LogP contribution is -2.35. The van der Waals surface area contributed by atoms with Gasteiger partial charge in [-0.1, -0.05) is 38.5 Å². The number of aliphatic hydroxyl groups is 1. The molecular formula is C17H25NOS. The van der Waals surface area contributed by atoms with Gasteiger partial charge in [0.25, 0.3) is 0 Å². The Labute approximate surface area is 126 Å². The van der Waals surface area contributed by atoms with Crippen LogP contribution in [0.15, 0.2) is 11.4 Å². The first-order valence-corrected chi connectivity index (χ1v) is 8.48. The number of rotatable bonds is 5. The maximum atomic E-state index is 8.74. The van der Waals surface area contributed by atoms with Crippen molar-refractivity contribution in [3.63, 3.8) is 0 Å². The highest BCUT2D eigenvalue weighted by Gasteiger charge is 2.23. The van der Waals surface area contributed by atoms with Crippen molar-refractivity contribution >= 4 is 11.3 Å². The molecule has 0 saturated heterocycles. The van der Waals surface area contributed by atoms with Crippen LogP contribution >= 0.6 is 11.3 Å². The van der Waals surface area contributed by atoms with Gasteiger partial charge in [0.05, 0.1) is 0 Å². The third-order valence-corrected chi connectivity index (χ3v) is 4.69. The second kappa shape index (κ2) is 7.83. The maximum Gasteiger partial charge on any atom is 0.104 e. The fourth-order valence-electron chi connectivity index (χ4n) is 2.95. The quantitative estimate of drug-likeness (QED) is 0.839. The van der Waals surface area contributed by atoms with Gasteiger partial charge < -0.3 is 5.11 Å². The molecule has 20 heavy (non-hydrogen) atoms. The van der Waals surface area contributed by atoms with E-state index in [0.29, 0.717) is 5.92 Å². The van der Waals surface area contributed by atoms with Crippen LogP contribution in [-0.2, 0) is 6.54 Å². The Morgan fingerprint density at radius 1 is 1.40 bits per heavy atom. The minimum absolute atomic E-state index is 0.0628. The summed E-state index contributed by atoms with van der Waals surface area (Å²) in [5.74, 6) is 6.42. The first kappa shape index (κ1) is 15.6. The molecule has 1 aliphatic carbocycles. The molecule has 1 aliphatic rings. The number of thiophene rings is 1. The molecule has 1 fully saturated rings. The molecule has 2 nitrogen and oxygen atoms in total. The number of hydrogen-bond donors (Lipinski definition) is 1. The SMILES string of the molecule is CC(C)CN(Cc1cc(C#CCO)cs1)C1CCCC1. The van der Waals surface area contributed by atoms with Crippen molar-refractivity contribution in [2.45, 2.75) is 52.1 Å². The molecule has 0 radical (unpaired) electrons. The second-order valence-corrected chi connectivity index (χ2v) is 7.02. The molecule has 2 rings (SSSR count). The van der Waals surface area contributed by atoms with E-state index in [1.54, 1.807) is 11.3 Å². The first-order chi connectivity index (χ1) is 9.69. The van der Waals surface area contributed by atoms with Crippen LogP contribution in [0.1, 0.15) is 50.0 Å². The average Bonchev–Trinajstić information content (AvgIpc) is 3.06. The molecule has 3 heteroatoms. The number of hydrogen-bond acceptors (Lipinski definition) is 3. The Balaban J connectivity index is 2.00. The van der Waals surface area contributed by atoms with Crippen molar-refractivity contribution in [2.24, 2.45) is 5.92 Å². The van der Waals surface area contributed by atoms with Gasteiger partial charge in [-0.2, -0.15) is 0 Å². The molecule has 1 aromatic rings. The van der Waals surface area contributed by atoms with E-state index in [4.69, 9.17) is 5.11 Å².